The molecule has 0 aliphatic heterocycles. The number of hydrogen-bond donors (Lipinski definition) is 1. The van der Waals surface area contributed by atoms with E-state index in [9.17, 15) is 9.59 Å². The molecule has 1 aliphatic rings. The van der Waals surface area contributed by atoms with Gasteiger partial charge in [0.05, 0.1) is 6.42 Å². The van der Waals surface area contributed by atoms with E-state index in [1.54, 1.807) is 7.05 Å². The summed E-state index contributed by atoms with van der Waals surface area (Å²) in [5, 5.41) is 8.66. The molecule has 20 heavy (non-hydrogen) atoms. The molecule has 0 radical (unpaired) electrons. The van der Waals surface area contributed by atoms with Gasteiger partial charge in [-0.2, -0.15) is 0 Å². The fourth-order valence-corrected chi connectivity index (χ4v) is 2.82. The van der Waals surface area contributed by atoms with Crippen molar-refractivity contribution >= 4 is 11.9 Å². The molecular weight excluding hydrogens is 254 g/mol. The Morgan fingerprint density at radius 2 is 2.10 bits per heavy atom. The largest absolute Gasteiger partial charge is 0.481 e. The van der Waals surface area contributed by atoms with Gasteiger partial charge in [-0.3, -0.25) is 9.59 Å². The average molecular weight is 275 g/mol. The molecule has 1 amide bonds. The van der Waals surface area contributed by atoms with E-state index in [-0.39, 0.29) is 24.8 Å². The van der Waals surface area contributed by atoms with Crippen molar-refractivity contribution < 1.29 is 14.7 Å². The van der Waals surface area contributed by atoms with Crippen molar-refractivity contribution in [3.8, 4) is 0 Å². The molecule has 0 heterocycles. The quantitative estimate of drug-likeness (QED) is 0.898. The third kappa shape index (κ3) is 3.59. The molecule has 0 fully saturated rings. The van der Waals surface area contributed by atoms with E-state index < -0.39 is 5.97 Å². The van der Waals surface area contributed by atoms with Gasteiger partial charge in [-0.25, -0.2) is 0 Å². The Labute approximate surface area is 119 Å². The Hall–Kier alpha value is -1.84. The fraction of sp³-hybridized carbons (Fsp3) is 0.500. The Morgan fingerprint density at radius 1 is 1.35 bits per heavy atom. The SMILES string of the molecule is CN(CCC(=O)O)C(=O)CC1CCCc2ccccc21. The van der Waals surface area contributed by atoms with E-state index in [0.29, 0.717) is 6.42 Å². The summed E-state index contributed by atoms with van der Waals surface area (Å²) in [5.41, 5.74) is 2.64. The van der Waals surface area contributed by atoms with Crippen molar-refractivity contribution in [1.29, 1.82) is 0 Å². The number of carboxylic acid groups (broad SMARTS) is 1. The van der Waals surface area contributed by atoms with Crippen molar-refractivity contribution in [2.75, 3.05) is 13.6 Å². The van der Waals surface area contributed by atoms with Gasteiger partial charge in [0.1, 0.15) is 0 Å². The predicted molar refractivity (Wildman–Crippen MR) is 76.6 cm³/mol. The van der Waals surface area contributed by atoms with E-state index in [0.717, 1.165) is 19.3 Å². The van der Waals surface area contributed by atoms with Crippen LogP contribution in [-0.2, 0) is 16.0 Å². The zero-order chi connectivity index (χ0) is 14.5. The number of fused-ring (bicyclic) bond motifs is 1. The van der Waals surface area contributed by atoms with Crippen LogP contribution in [0.4, 0.5) is 0 Å². The standard InChI is InChI=1S/C16H21NO3/c1-17(10-9-16(19)20)15(18)11-13-7-4-6-12-5-2-3-8-14(12)13/h2-3,5,8,13H,4,6-7,9-11H2,1H3,(H,19,20). The second kappa shape index (κ2) is 6.55. The van der Waals surface area contributed by atoms with Gasteiger partial charge in [0, 0.05) is 20.0 Å². The lowest BCUT2D eigenvalue weighted by atomic mass is 9.81. The average Bonchev–Trinajstić information content (AvgIpc) is 2.45. The number of carboxylic acids is 1. The summed E-state index contributed by atoms with van der Waals surface area (Å²) in [5.74, 6) is -0.555. The number of nitrogens with zero attached hydrogens (tertiary/aromatic N) is 1. The first-order valence-electron chi connectivity index (χ1n) is 7.11. The van der Waals surface area contributed by atoms with Gasteiger partial charge in [-0.1, -0.05) is 24.3 Å². The zero-order valence-corrected chi connectivity index (χ0v) is 11.8. The highest BCUT2D eigenvalue weighted by Crippen LogP contribution is 2.34. The number of hydrogen-bond acceptors (Lipinski definition) is 2. The maximum atomic E-state index is 12.2. The van der Waals surface area contributed by atoms with Crippen LogP contribution in [0.5, 0.6) is 0 Å². The monoisotopic (exact) mass is 275 g/mol. The van der Waals surface area contributed by atoms with Crippen LogP contribution in [0.2, 0.25) is 0 Å². The molecule has 1 atom stereocenters. The Morgan fingerprint density at radius 3 is 2.85 bits per heavy atom. The smallest absolute Gasteiger partial charge is 0.305 e. The molecule has 1 aliphatic carbocycles. The Balaban J connectivity index is 1.97. The second-order valence-electron chi connectivity index (χ2n) is 5.45. The van der Waals surface area contributed by atoms with Crippen LogP contribution >= 0.6 is 0 Å². The van der Waals surface area contributed by atoms with Crippen LogP contribution in [0.3, 0.4) is 0 Å². The molecular formula is C16H21NO3. The number of aryl methyl sites for hydroxylation is 1. The van der Waals surface area contributed by atoms with Gasteiger partial charge in [0.25, 0.3) is 0 Å². The minimum atomic E-state index is -0.868. The molecule has 108 valence electrons. The van der Waals surface area contributed by atoms with Crippen LogP contribution in [0.25, 0.3) is 0 Å². The first kappa shape index (κ1) is 14.6. The van der Waals surface area contributed by atoms with Gasteiger partial charge < -0.3 is 10.0 Å². The number of carbonyl (C=O) groups excluding carboxylic acids is 1. The topological polar surface area (TPSA) is 57.6 Å². The van der Waals surface area contributed by atoms with Crippen molar-refractivity contribution in [1.82, 2.24) is 4.90 Å². The molecule has 1 aromatic rings. The molecule has 0 aromatic heterocycles. The van der Waals surface area contributed by atoms with Crippen LogP contribution < -0.4 is 0 Å². The summed E-state index contributed by atoms with van der Waals surface area (Å²) in [4.78, 5) is 24.2. The van der Waals surface area contributed by atoms with E-state index in [1.165, 1.54) is 16.0 Å². The molecule has 2 rings (SSSR count). The van der Waals surface area contributed by atoms with Crippen LogP contribution in [0.15, 0.2) is 24.3 Å². The van der Waals surface area contributed by atoms with E-state index in [1.807, 2.05) is 12.1 Å². The highest BCUT2D eigenvalue weighted by molar-refractivity contribution is 5.77. The number of aliphatic carboxylic acids is 1. The van der Waals surface area contributed by atoms with Gasteiger partial charge in [-0.05, 0) is 36.3 Å². The second-order valence-corrected chi connectivity index (χ2v) is 5.45. The third-order valence-corrected chi connectivity index (χ3v) is 4.00. The maximum Gasteiger partial charge on any atom is 0.305 e. The van der Waals surface area contributed by atoms with Gasteiger partial charge in [-0.15, -0.1) is 0 Å². The molecule has 4 nitrogen and oxygen atoms in total. The van der Waals surface area contributed by atoms with Gasteiger partial charge >= 0.3 is 5.97 Å². The molecule has 1 unspecified atom stereocenters. The number of rotatable bonds is 5. The van der Waals surface area contributed by atoms with Crippen LogP contribution in [0.1, 0.15) is 42.7 Å². The van der Waals surface area contributed by atoms with Crippen molar-refractivity contribution in [2.45, 2.75) is 38.0 Å². The minimum Gasteiger partial charge on any atom is -0.481 e. The number of carbonyl (C=O) groups is 2. The molecule has 1 N–H and O–H groups in total. The summed E-state index contributed by atoms with van der Waals surface area (Å²) in [6, 6.07) is 8.32. The number of benzene rings is 1. The molecule has 4 heteroatoms. The lowest BCUT2D eigenvalue weighted by Gasteiger charge is -2.26. The first-order chi connectivity index (χ1) is 9.58. The molecule has 0 spiro atoms. The summed E-state index contributed by atoms with van der Waals surface area (Å²) in [6.07, 6.45) is 3.73. The summed E-state index contributed by atoms with van der Waals surface area (Å²) >= 11 is 0. The lowest BCUT2D eigenvalue weighted by Crippen LogP contribution is -2.30. The summed E-state index contributed by atoms with van der Waals surface area (Å²) < 4.78 is 0. The zero-order valence-electron chi connectivity index (χ0n) is 11.8. The molecule has 0 saturated heterocycles. The predicted octanol–water partition coefficient (Wildman–Crippen LogP) is 2.43. The van der Waals surface area contributed by atoms with Crippen molar-refractivity contribution in [2.24, 2.45) is 0 Å². The normalized spacial score (nSPS) is 17.4. The first-order valence-corrected chi connectivity index (χ1v) is 7.11. The Kier molecular flexibility index (Phi) is 4.77. The Bertz CT molecular complexity index is 498. The maximum absolute atomic E-state index is 12.2. The van der Waals surface area contributed by atoms with Crippen LogP contribution in [0, 0.1) is 0 Å². The highest BCUT2D eigenvalue weighted by atomic mass is 16.4. The van der Waals surface area contributed by atoms with Crippen molar-refractivity contribution in [3.63, 3.8) is 0 Å². The summed E-state index contributed by atoms with van der Waals surface area (Å²) in [6.45, 7) is 0.280. The summed E-state index contributed by atoms with van der Waals surface area (Å²) in [7, 11) is 1.68. The lowest BCUT2D eigenvalue weighted by molar-refractivity contribution is -0.138. The van der Waals surface area contributed by atoms with Gasteiger partial charge in [0.2, 0.25) is 5.91 Å². The van der Waals surface area contributed by atoms with E-state index >= 15 is 0 Å². The molecule has 0 saturated carbocycles. The minimum absolute atomic E-state index is 0.00347. The number of amides is 1. The van der Waals surface area contributed by atoms with E-state index in [4.69, 9.17) is 5.11 Å². The fourth-order valence-electron chi connectivity index (χ4n) is 2.82. The van der Waals surface area contributed by atoms with Crippen LogP contribution in [-0.4, -0.2) is 35.5 Å². The van der Waals surface area contributed by atoms with Crippen molar-refractivity contribution in [3.05, 3.63) is 35.4 Å². The highest BCUT2D eigenvalue weighted by Gasteiger charge is 2.23. The molecule has 1 aromatic carbocycles. The van der Waals surface area contributed by atoms with Gasteiger partial charge in [0.15, 0.2) is 0 Å². The molecule has 0 bridgehead atoms. The third-order valence-electron chi connectivity index (χ3n) is 4.00. The van der Waals surface area contributed by atoms with E-state index in [2.05, 4.69) is 12.1 Å².